The van der Waals surface area contributed by atoms with Gasteiger partial charge in [-0.15, -0.1) is 0 Å². The zero-order chi connectivity index (χ0) is 72.1. The monoisotopic (exact) mass is 1350 g/mol. The van der Waals surface area contributed by atoms with Gasteiger partial charge in [-0.2, -0.15) is 0 Å². The summed E-state index contributed by atoms with van der Waals surface area (Å²) in [5, 5.41) is 0. The lowest BCUT2D eigenvalue weighted by molar-refractivity contribution is -0.157. The standard InChI is InChI=1S/C20H28O4.C18H22O7.C18H30O6.C16H26O7/c1-11(2)19(21)23-9-13-5-16-14-7-15(10-24-20(22)12(3)4)17(8-14)18(16)6-13;1-5-14(19)9-10-18(11-23-15(20)6-2,12-24-16(21)7-3)13-25-17(22)8-4;1-3-17(19)23-15-9-7-13-21-11-5-6-12-22-14-8-10-16-24-18(20)4-2;1-13(2)15(17)22-11-9-20-7-5-19-6-8-21-10-12-23-16(18)14(3)4/h13-18H,1,3,5-10H2,2,4H3;5-8H,1-4,9-13H2;3-4H,1-2,5-16H2;1,3,5-12H2,2,4H3. The fourth-order valence-electron chi connectivity index (χ4n) is 9.82. The van der Waals surface area contributed by atoms with Crippen LogP contribution in [0.1, 0.15) is 105 Å². The molecule has 6 atom stereocenters. The maximum absolute atomic E-state index is 11.6. The summed E-state index contributed by atoms with van der Waals surface area (Å²) in [6, 6.07) is 0. The quantitative estimate of drug-likeness (QED) is 0.0237. The molecule has 0 amide bonds. The Kier molecular flexibility index (Phi) is 49.8. The number of esters is 9. The van der Waals surface area contributed by atoms with Gasteiger partial charge in [0.2, 0.25) is 0 Å². The highest BCUT2D eigenvalue weighted by Gasteiger charge is 2.56. The van der Waals surface area contributed by atoms with E-state index in [9.17, 15) is 47.9 Å². The van der Waals surface area contributed by atoms with Crippen LogP contribution in [0.25, 0.3) is 0 Å². The van der Waals surface area contributed by atoms with Crippen LogP contribution in [0.4, 0.5) is 0 Å². The fraction of sp³-hybridized carbons (Fsp3) is 0.583. The molecule has 0 N–H and O–H groups in total. The minimum Gasteiger partial charge on any atom is -0.463 e. The summed E-state index contributed by atoms with van der Waals surface area (Å²) in [4.78, 5) is 112. The summed E-state index contributed by atoms with van der Waals surface area (Å²) in [7, 11) is 0. The second-order valence-corrected chi connectivity index (χ2v) is 22.9. The molecule has 0 radical (unpaired) electrons. The van der Waals surface area contributed by atoms with Crippen LogP contribution in [-0.4, -0.2) is 185 Å². The minimum atomic E-state index is -1.12. The van der Waals surface area contributed by atoms with Crippen molar-refractivity contribution in [2.45, 2.75) is 105 Å². The van der Waals surface area contributed by atoms with Crippen LogP contribution in [0, 0.1) is 40.9 Å². The average molecular weight is 1360 g/mol. The number of hydrogen-bond donors (Lipinski definition) is 0. The first-order valence-corrected chi connectivity index (χ1v) is 32.1. The van der Waals surface area contributed by atoms with E-state index >= 15 is 0 Å². The fourth-order valence-corrected chi connectivity index (χ4v) is 9.82. The van der Waals surface area contributed by atoms with E-state index in [1.165, 1.54) is 19.3 Å². The average Bonchev–Trinajstić information content (AvgIpc) is 1.59. The number of hydrogen-bond acceptors (Lipinski definition) is 24. The molecule has 0 heterocycles. The van der Waals surface area contributed by atoms with Gasteiger partial charge in [0.15, 0.2) is 5.78 Å². The summed E-state index contributed by atoms with van der Waals surface area (Å²) >= 11 is 0. The summed E-state index contributed by atoms with van der Waals surface area (Å²) in [6.45, 7) is 47.2. The lowest BCUT2D eigenvalue weighted by atomic mass is 9.76. The van der Waals surface area contributed by atoms with Gasteiger partial charge >= 0.3 is 53.7 Å². The summed E-state index contributed by atoms with van der Waals surface area (Å²) in [5.74, 6) is -0.638. The molecule has 3 saturated carbocycles. The molecule has 0 aromatic rings. The second-order valence-electron chi connectivity index (χ2n) is 22.9. The first-order valence-electron chi connectivity index (χ1n) is 32.1. The van der Waals surface area contributed by atoms with Crippen molar-refractivity contribution in [3.05, 3.63) is 125 Å². The van der Waals surface area contributed by atoms with Gasteiger partial charge in [0.1, 0.15) is 33.0 Å². The SMILES string of the molecule is C=C(C)C(=O)OCC1CC2C3CC(COC(=O)C(=C)C)C(C3)C2C1.C=C(C)C(=O)OCCOCCOCCOCCOC(=O)C(=C)C.C=CC(=O)CCC(COC(=O)C=C)(COC(=O)C=C)COC(=O)C=C.C=CC(=O)OCCCCOCCCCOCCCCOC(=O)C=C. The zero-order valence-electron chi connectivity index (χ0n) is 57.2. The molecular weight excluding hydrogens is 1250 g/mol. The van der Waals surface area contributed by atoms with Gasteiger partial charge in [-0.1, -0.05) is 65.8 Å². The van der Waals surface area contributed by atoms with Crippen LogP contribution < -0.4 is 0 Å². The molecule has 0 aliphatic heterocycles. The number of carbonyl (C=O) groups is 10. The molecule has 0 aromatic carbocycles. The Hall–Kier alpha value is -7.90. The zero-order valence-corrected chi connectivity index (χ0v) is 57.2. The molecule has 3 aliphatic rings. The van der Waals surface area contributed by atoms with Crippen LogP contribution in [0.5, 0.6) is 0 Å². The molecule has 538 valence electrons. The van der Waals surface area contributed by atoms with Crippen molar-refractivity contribution in [3.63, 3.8) is 0 Å². The van der Waals surface area contributed by atoms with Gasteiger partial charge in [-0.3, -0.25) is 4.79 Å². The summed E-state index contributed by atoms with van der Waals surface area (Å²) < 4.78 is 71.9. The first-order chi connectivity index (χ1) is 45.8. The minimum absolute atomic E-state index is 0.0341. The van der Waals surface area contributed by atoms with Crippen molar-refractivity contribution < 1.29 is 114 Å². The highest BCUT2D eigenvalue weighted by atomic mass is 16.6. The molecule has 0 spiro atoms. The Bertz CT molecular complexity index is 2370. The van der Waals surface area contributed by atoms with E-state index in [-0.39, 0.29) is 75.5 Å². The largest absolute Gasteiger partial charge is 0.463 e. The topological polar surface area (TPSA) is 300 Å². The molecule has 3 fully saturated rings. The molecule has 6 unspecified atom stereocenters. The van der Waals surface area contributed by atoms with E-state index in [1.807, 2.05) is 0 Å². The molecule has 96 heavy (non-hydrogen) atoms. The number of ketones is 1. The lowest BCUT2D eigenvalue weighted by Crippen LogP contribution is -2.39. The summed E-state index contributed by atoms with van der Waals surface area (Å²) in [6.07, 6.45) is 16.5. The third-order valence-electron chi connectivity index (χ3n) is 14.8. The van der Waals surface area contributed by atoms with Gasteiger partial charge in [0, 0.05) is 85.5 Å². The Morgan fingerprint density at radius 3 is 1.03 bits per heavy atom. The third kappa shape index (κ3) is 42.5. The van der Waals surface area contributed by atoms with Crippen LogP contribution in [0.15, 0.2) is 125 Å². The Morgan fingerprint density at radius 2 is 0.667 bits per heavy atom. The number of carbonyl (C=O) groups excluding carboxylic acids is 10. The summed E-state index contributed by atoms with van der Waals surface area (Å²) in [5.41, 5.74) is 0.545. The first kappa shape index (κ1) is 88.1. The van der Waals surface area contributed by atoms with Crippen molar-refractivity contribution in [2.24, 2.45) is 40.9 Å². The van der Waals surface area contributed by atoms with Crippen LogP contribution in [0.3, 0.4) is 0 Å². The Morgan fingerprint density at radius 1 is 0.344 bits per heavy atom. The van der Waals surface area contributed by atoms with Crippen molar-refractivity contribution in [2.75, 3.05) is 126 Å². The smallest absolute Gasteiger partial charge is 0.333 e. The maximum Gasteiger partial charge on any atom is 0.333 e. The van der Waals surface area contributed by atoms with E-state index in [2.05, 4.69) is 65.8 Å². The Balaban J connectivity index is 0.00000125. The highest BCUT2D eigenvalue weighted by molar-refractivity contribution is 5.89. The number of rotatable bonds is 50. The van der Waals surface area contributed by atoms with E-state index in [4.69, 9.17) is 66.3 Å². The van der Waals surface area contributed by atoms with Crippen LogP contribution >= 0.6 is 0 Å². The van der Waals surface area contributed by atoms with E-state index in [1.54, 1.807) is 27.7 Å². The van der Waals surface area contributed by atoms with Gasteiger partial charge in [0.25, 0.3) is 0 Å². The number of unbranched alkanes of at least 4 members (excludes halogenated alkanes) is 3. The number of fused-ring (bicyclic) bond motifs is 5. The van der Waals surface area contributed by atoms with Gasteiger partial charge in [-0.25, -0.2) is 43.2 Å². The van der Waals surface area contributed by atoms with Gasteiger partial charge < -0.3 is 66.3 Å². The predicted molar refractivity (Wildman–Crippen MR) is 357 cm³/mol. The molecule has 2 bridgehead atoms. The van der Waals surface area contributed by atoms with Crippen molar-refractivity contribution >= 4 is 59.5 Å². The number of ether oxygens (including phenoxy) is 14. The molecular formula is C72H106O24. The van der Waals surface area contributed by atoms with Crippen molar-refractivity contribution in [1.82, 2.24) is 0 Å². The van der Waals surface area contributed by atoms with Crippen LogP contribution in [0.2, 0.25) is 0 Å². The van der Waals surface area contributed by atoms with Crippen LogP contribution in [-0.2, 0) is 114 Å². The normalized spacial score (nSPS) is 16.7. The predicted octanol–water partition coefficient (Wildman–Crippen LogP) is 9.31. The lowest BCUT2D eigenvalue weighted by Gasteiger charge is -2.31. The van der Waals surface area contributed by atoms with Crippen molar-refractivity contribution in [1.29, 1.82) is 0 Å². The highest BCUT2D eigenvalue weighted by Crippen LogP contribution is 2.62. The maximum atomic E-state index is 11.6. The van der Waals surface area contributed by atoms with E-state index in [0.717, 1.165) is 93.2 Å². The van der Waals surface area contributed by atoms with Crippen molar-refractivity contribution in [3.8, 4) is 0 Å². The van der Waals surface area contributed by atoms with Gasteiger partial charge in [0.05, 0.1) is 71.5 Å². The Labute approximate surface area is 567 Å². The van der Waals surface area contributed by atoms with Gasteiger partial charge in [-0.05, 0) is 140 Å². The molecule has 0 saturated heterocycles. The molecule has 0 aromatic heterocycles. The molecule has 24 nitrogen and oxygen atoms in total. The van der Waals surface area contributed by atoms with E-state index < -0.39 is 35.3 Å². The third-order valence-corrected chi connectivity index (χ3v) is 14.8. The molecule has 3 aliphatic carbocycles. The van der Waals surface area contributed by atoms with E-state index in [0.29, 0.717) is 138 Å². The number of allylic oxidation sites excluding steroid dienone is 1. The second kappa shape index (κ2) is 54.2. The molecule has 3 rings (SSSR count). The molecule has 24 heteroatoms.